The van der Waals surface area contributed by atoms with Crippen molar-refractivity contribution in [2.75, 3.05) is 0 Å². The van der Waals surface area contributed by atoms with Crippen LogP contribution in [0.2, 0.25) is 0 Å². The molecule has 0 aromatic heterocycles. The Bertz CT molecular complexity index is 401. The Labute approximate surface area is 125 Å². The second kappa shape index (κ2) is 8.29. The lowest BCUT2D eigenvalue weighted by molar-refractivity contribution is 0.420. The van der Waals surface area contributed by atoms with Crippen LogP contribution in [-0.4, -0.2) is 0 Å². The topological polar surface area (TPSA) is 0 Å². The molecule has 0 saturated heterocycles. The third kappa shape index (κ3) is 4.23. The van der Waals surface area contributed by atoms with Gasteiger partial charge < -0.3 is 0 Å². The predicted octanol–water partition coefficient (Wildman–Crippen LogP) is 6.49. The fourth-order valence-electron chi connectivity index (χ4n) is 3.56. The van der Waals surface area contributed by atoms with E-state index in [1.54, 1.807) is 5.57 Å². The minimum atomic E-state index is 0.679. The summed E-state index contributed by atoms with van der Waals surface area (Å²) >= 11 is 0. The van der Waals surface area contributed by atoms with E-state index < -0.39 is 0 Å². The van der Waals surface area contributed by atoms with E-state index in [9.17, 15) is 0 Å². The molecule has 0 nitrogen and oxygen atoms in total. The minimum Gasteiger partial charge on any atom is -0.0844 e. The summed E-state index contributed by atoms with van der Waals surface area (Å²) in [5, 5.41) is 0. The van der Waals surface area contributed by atoms with Crippen molar-refractivity contribution in [3.8, 4) is 0 Å². The first-order chi connectivity index (χ1) is 9.85. The van der Waals surface area contributed by atoms with Crippen molar-refractivity contribution in [1.29, 1.82) is 0 Å². The maximum atomic E-state index is 2.58. The van der Waals surface area contributed by atoms with Crippen LogP contribution >= 0.6 is 0 Å². The molecule has 1 aliphatic carbocycles. The van der Waals surface area contributed by atoms with Gasteiger partial charge in [0.25, 0.3) is 0 Å². The van der Waals surface area contributed by atoms with Gasteiger partial charge in [0.1, 0.15) is 0 Å². The molecule has 2 unspecified atom stereocenters. The van der Waals surface area contributed by atoms with Crippen molar-refractivity contribution >= 4 is 0 Å². The average molecular weight is 270 g/mol. The maximum absolute atomic E-state index is 2.58. The lowest BCUT2D eigenvalue weighted by Gasteiger charge is -2.27. The molecule has 0 aliphatic heterocycles. The minimum absolute atomic E-state index is 0.679. The van der Waals surface area contributed by atoms with Gasteiger partial charge in [0.15, 0.2) is 0 Å². The molecule has 0 bridgehead atoms. The van der Waals surface area contributed by atoms with Crippen LogP contribution in [0.3, 0.4) is 0 Å². The molecule has 0 amide bonds. The van der Waals surface area contributed by atoms with Gasteiger partial charge in [-0.2, -0.15) is 0 Å². The molecule has 0 fully saturated rings. The Kier molecular flexibility index (Phi) is 6.36. The summed E-state index contributed by atoms with van der Waals surface area (Å²) in [6, 6.07) is 11.2. The fraction of sp³-hybridized carbons (Fsp3) is 0.600. The lowest BCUT2D eigenvalue weighted by Crippen LogP contribution is -2.11. The molecule has 20 heavy (non-hydrogen) atoms. The first kappa shape index (κ1) is 15.4. The van der Waals surface area contributed by atoms with Gasteiger partial charge in [-0.1, -0.05) is 81.5 Å². The number of unbranched alkanes of at least 4 members (excludes halogenated alkanes) is 1. The number of hydrogen-bond acceptors (Lipinski definition) is 0. The third-order valence-corrected chi connectivity index (χ3v) is 4.75. The van der Waals surface area contributed by atoms with E-state index in [0.29, 0.717) is 5.92 Å². The average Bonchev–Trinajstić information content (AvgIpc) is 2.51. The Morgan fingerprint density at radius 2 is 1.90 bits per heavy atom. The second-order valence-corrected chi connectivity index (χ2v) is 6.31. The molecule has 0 spiro atoms. The van der Waals surface area contributed by atoms with E-state index in [-0.39, 0.29) is 0 Å². The van der Waals surface area contributed by atoms with Gasteiger partial charge in [-0.15, -0.1) is 0 Å². The summed E-state index contributed by atoms with van der Waals surface area (Å²) in [5.74, 6) is 1.63. The zero-order valence-electron chi connectivity index (χ0n) is 13.3. The molecule has 1 aliphatic rings. The van der Waals surface area contributed by atoms with Gasteiger partial charge in [-0.05, 0) is 37.2 Å². The summed E-state index contributed by atoms with van der Waals surface area (Å²) < 4.78 is 0. The van der Waals surface area contributed by atoms with Gasteiger partial charge in [-0.25, -0.2) is 0 Å². The Morgan fingerprint density at radius 3 is 2.50 bits per heavy atom. The van der Waals surface area contributed by atoms with Crippen LogP contribution in [-0.2, 0) is 0 Å². The molecular weight excluding hydrogens is 240 g/mol. The molecule has 1 aromatic carbocycles. The van der Waals surface area contributed by atoms with Crippen molar-refractivity contribution in [2.24, 2.45) is 5.92 Å². The fourth-order valence-corrected chi connectivity index (χ4v) is 3.56. The predicted molar refractivity (Wildman–Crippen MR) is 89.0 cm³/mol. The van der Waals surface area contributed by atoms with Gasteiger partial charge in [-0.3, -0.25) is 0 Å². The second-order valence-electron chi connectivity index (χ2n) is 6.31. The standard InChI is InChI=1S/C20H30/c1-3-5-12-20(18-10-7-6-8-11-18)19-15-13-17(9-4-2)14-16-19/h6-8,10-11,15,17,20H,3-5,9,12-14,16H2,1-2H3. The number of hydrogen-bond donors (Lipinski definition) is 0. The summed E-state index contributed by atoms with van der Waals surface area (Å²) in [6.45, 7) is 4.61. The first-order valence-electron chi connectivity index (χ1n) is 8.59. The van der Waals surface area contributed by atoms with Crippen molar-refractivity contribution in [2.45, 2.75) is 71.1 Å². The monoisotopic (exact) mass is 270 g/mol. The van der Waals surface area contributed by atoms with Crippen LogP contribution in [0.4, 0.5) is 0 Å². The summed E-state index contributed by atoms with van der Waals surface area (Å²) in [5.41, 5.74) is 3.25. The van der Waals surface area contributed by atoms with Crippen LogP contribution in [0.15, 0.2) is 42.0 Å². The molecule has 110 valence electrons. The molecule has 0 N–H and O–H groups in total. The van der Waals surface area contributed by atoms with E-state index in [1.165, 1.54) is 56.9 Å². The smallest absolute Gasteiger partial charge is 0.00481 e. The van der Waals surface area contributed by atoms with Crippen LogP contribution in [0.1, 0.15) is 76.7 Å². The maximum Gasteiger partial charge on any atom is 0.00481 e. The van der Waals surface area contributed by atoms with Crippen molar-refractivity contribution in [3.63, 3.8) is 0 Å². The summed E-state index contributed by atoms with van der Waals surface area (Å²) in [6.07, 6.45) is 13.4. The third-order valence-electron chi connectivity index (χ3n) is 4.75. The number of benzene rings is 1. The summed E-state index contributed by atoms with van der Waals surface area (Å²) in [7, 11) is 0. The largest absolute Gasteiger partial charge is 0.0844 e. The lowest BCUT2D eigenvalue weighted by atomic mass is 9.78. The molecular formula is C20H30. The number of rotatable bonds is 7. The zero-order valence-corrected chi connectivity index (χ0v) is 13.3. The highest BCUT2D eigenvalue weighted by molar-refractivity contribution is 5.29. The van der Waals surface area contributed by atoms with Crippen LogP contribution in [0.5, 0.6) is 0 Å². The van der Waals surface area contributed by atoms with Crippen LogP contribution in [0, 0.1) is 5.92 Å². The van der Waals surface area contributed by atoms with E-state index in [0.717, 1.165) is 5.92 Å². The Hall–Kier alpha value is -1.04. The van der Waals surface area contributed by atoms with E-state index in [2.05, 4.69) is 50.3 Å². The summed E-state index contributed by atoms with van der Waals surface area (Å²) in [4.78, 5) is 0. The van der Waals surface area contributed by atoms with E-state index in [4.69, 9.17) is 0 Å². The Balaban J connectivity index is 2.08. The van der Waals surface area contributed by atoms with Gasteiger partial charge in [0, 0.05) is 5.92 Å². The van der Waals surface area contributed by atoms with Gasteiger partial charge in [0.05, 0.1) is 0 Å². The first-order valence-corrected chi connectivity index (χ1v) is 8.59. The van der Waals surface area contributed by atoms with Crippen LogP contribution < -0.4 is 0 Å². The Morgan fingerprint density at radius 1 is 1.10 bits per heavy atom. The van der Waals surface area contributed by atoms with Crippen molar-refractivity contribution in [3.05, 3.63) is 47.5 Å². The highest BCUT2D eigenvalue weighted by atomic mass is 14.3. The highest BCUT2D eigenvalue weighted by Gasteiger charge is 2.21. The molecule has 0 saturated carbocycles. The normalized spacial score (nSPS) is 20.5. The van der Waals surface area contributed by atoms with Crippen molar-refractivity contribution in [1.82, 2.24) is 0 Å². The SMILES string of the molecule is CCCCC(C1=CCC(CCC)CC1)c1ccccc1. The van der Waals surface area contributed by atoms with Crippen molar-refractivity contribution < 1.29 is 0 Å². The molecule has 0 radical (unpaired) electrons. The van der Waals surface area contributed by atoms with Crippen LogP contribution in [0.25, 0.3) is 0 Å². The zero-order chi connectivity index (χ0) is 14.2. The van der Waals surface area contributed by atoms with Gasteiger partial charge >= 0.3 is 0 Å². The molecule has 1 aromatic rings. The van der Waals surface area contributed by atoms with Gasteiger partial charge in [0.2, 0.25) is 0 Å². The number of allylic oxidation sites excluding steroid dienone is 2. The molecule has 0 heterocycles. The van der Waals surface area contributed by atoms with E-state index >= 15 is 0 Å². The highest BCUT2D eigenvalue weighted by Crippen LogP contribution is 2.37. The van der Waals surface area contributed by atoms with E-state index in [1.807, 2.05) is 0 Å². The molecule has 2 rings (SSSR count). The molecule has 0 heteroatoms. The molecule has 2 atom stereocenters. The quantitative estimate of drug-likeness (QED) is 0.497.